The van der Waals surface area contributed by atoms with Gasteiger partial charge in [-0.15, -0.1) is 0 Å². The average Bonchev–Trinajstić information content (AvgIpc) is 2.80. The summed E-state index contributed by atoms with van der Waals surface area (Å²) in [5.74, 6) is 0. The molecule has 1 aliphatic heterocycles. The third-order valence-corrected chi connectivity index (χ3v) is 3.67. The highest BCUT2D eigenvalue weighted by atomic mass is 16.2. The van der Waals surface area contributed by atoms with Crippen molar-refractivity contribution in [2.45, 2.75) is 13.0 Å². The van der Waals surface area contributed by atoms with E-state index in [-0.39, 0.29) is 18.6 Å². The highest BCUT2D eigenvalue weighted by molar-refractivity contribution is 5.84. The molecule has 0 aliphatic carbocycles. The van der Waals surface area contributed by atoms with Crippen LogP contribution in [0.5, 0.6) is 0 Å². The van der Waals surface area contributed by atoms with Gasteiger partial charge in [0.25, 0.3) is 0 Å². The van der Waals surface area contributed by atoms with Gasteiger partial charge in [-0.2, -0.15) is 5.26 Å². The Hall–Kier alpha value is -2.54. The van der Waals surface area contributed by atoms with Crippen molar-refractivity contribution in [2.24, 2.45) is 0 Å². The number of nitriles is 1. The van der Waals surface area contributed by atoms with Gasteiger partial charge < -0.3 is 10.2 Å². The number of carbonyl (C=O) groups excluding carboxylic acids is 1. The SMILES string of the molecule is Cc1ccc2cc(C3CN(CC#N)C(=O)N3)ccc2c1. The molecular weight excluding hydrogens is 250 g/mol. The first-order valence-corrected chi connectivity index (χ1v) is 6.60. The number of nitrogens with zero attached hydrogens (tertiary/aromatic N) is 2. The number of rotatable bonds is 2. The molecule has 1 atom stereocenters. The fourth-order valence-electron chi connectivity index (χ4n) is 2.60. The molecular formula is C16H15N3O. The van der Waals surface area contributed by atoms with Gasteiger partial charge >= 0.3 is 6.03 Å². The first-order chi connectivity index (χ1) is 9.67. The van der Waals surface area contributed by atoms with Gasteiger partial charge in [0.15, 0.2) is 0 Å². The van der Waals surface area contributed by atoms with Crippen LogP contribution < -0.4 is 5.32 Å². The summed E-state index contributed by atoms with van der Waals surface area (Å²) in [6.07, 6.45) is 0. The highest BCUT2D eigenvalue weighted by Crippen LogP contribution is 2.24. The zero-order valence-corrected chi connectivity index (χ0v) is 11.3. The molecule has 1 heterocycles. The molecule has 0 bridgehead atoms. The Morgan fingerprint density at radius 1 is 1.30 bits per heavy atom. The summed E-state index contributed by atoms with van der Waals surface area (Å²) in [5, 5.41) is 14.0. The Morgan fingerprint density at radius 2 is 2.05 bits per heavy atom. The molecule has 2 amide bonds. The predicted molar refractivity (Wildman–Crippen MR) is 77.1 cm³/mol. The molecule has 0 saturated carbocycles. The second-order valence-corrected chi connectivity index (χ2v) is 5.15. The number of hydrogen-bond donors (Lipinski definition) is 1. The number of benzene rings is 2. The van der Waals surface area contributed by atoms with E-state index in [1.807, 2.05) is 12.1 Å². The zero-order chi connectivity index (χ0) is 14.1. The summed E-state index contributed by atoms with van der Waals surface area (Å²) in [4.78, 5) is 13.3. The summed E-state index contributed by atoms with van der Waals surface area (Å²) < 4.78 is 0. The number of fused-ring (bicyclic) bond motifs is 1. The average molecular weight is 265 g/mol. The molecule has 4 nitrogen and oxygen atoms in total. The lowest BCUT2D eigenvalue weighted by Gasteiger charge is -2.11. The van der Waals surface area contributed by atoms with Gasteiger partial charge in [-0.3, -0.25) is 0 Å². The number of nitrogens with one attached hydrogen (secondary N) is 1. The van der Waals surface area contributed by atoms with Crippen molar-refractivity contribution in [2.75, 3.05) is 13.1 Å². The smallest absolute Gasteiger partial charge is 0.318 e. The third-order valence-electron chi connectivity index (χ3n) is 3.67. The second-order valence-electron chi connectivity index (χ2n) is 5.15. The molecule has 0 radical (unpaired) electrons. The number of carbonyl (C=O) groups is 1. The molecule has 4 heteroatoms. The Labute approximate surface area is 117 Å². The largest absolute Gasteiger partial charge is 0.329 e. The summed E-state index contributed by atoms with van der Waals surface area (Å²) in [6.45, 7) is 2.75. The maximum atomic E-state index is 11.7. The molecule has 2 aromatic rings. The van der Waals surface area contributed by atoms with Gasteiger partial charge in [0, 0.05) is 6.54 Å². The van der Waals surface area contributed by atoms with Crippen LogP contribution >= 0.6 is 0 Å². The quantitative estimate of drug-likeness (QED) is 0.849. The fourth-order valence-corrected chi connectivity index (χ4v) is 2.60. The number of aryl methyl sites for hydroxylation is 1. The van der Waals surface area contributed by atoms with Crippen molar-refractivity contribution >= 4 is 16.8 Å². The van der Waals surface area contributed by atoms with Crippen LogP contribution in [0.4, 0.5) is 4.79 Å². The number of urea groups is 1. The summed E-state index contributed by atoms with van der Waals surface area (Å²) in [6, 6.07) is 14.4. The summed E-state index contributed by atoms with van der Waals surface area (Å²) >= 11 is 0. The van der Waals surface area contributed by atoms with Crippen molar-refractivity contribution in [3.8, 4) is 6.07 Å². The molecule has 2 aromatic carbocycles. The molecule has 1 saturated heterocycles. The lowest BCUT2D eigenvalue weighted by Crippen LogP contribution is -2.28. The molecule has 1 fully saturated rings. The first kappa shape index (κ1) is 12.5. The monoisotopic (exact) mass is 265 g/mol. The van der Waals surface area contributed by atoms with Crippen LogP contribution in [-0.2, 0) is 0 Å². The van der Waals surface area contributed by atoms with Crippen LogP contribution in [0.2, 0.25) is 0 Å². The third kappa shape index (κ3) is 2.19. The lowest BCUT2D eigenvalue weighted by molar-refractivity contribution is 0.222. The molecule has 0 aromatic heterocycles. The van der Waals surface area contributed by atoms with Crippen molar-refractivity contribution in [3.05, 3.63) is 47.5 Å². The molecule has 100 valence electrons. The van der Waals surface area contributed by atoms with E-state index in [0.29, 0.717) is 6.54 Å². The van der Waals surface area contributed by atoms with Crippen molar-refractivity contribution in [1.82, 2.24) is 10.2 Å². The van der Waals surface area contributed by atoms with Gasteiger partial charge in [0.1, 0.15) is 6.54 Å². The van der Waals surface area contributed by atoms with E-state index >= 15 is 0 Å². The second kappa shape index (κ2) is 4.86. The van der Waals surface area contributed by atoms with Crippen molar-refractivity contribution in [1.29, 1.82) is 5.26 Å². The van der Waals surface area contributed by atoms with Crippen LogP contribution in [0, 0.1) is 18.3 Å². The van der Waals surface area contributed by atoms with Gasteiger partial charge in [0.05, 0.1) is 12.1 Å². The van der Waals surface area contributed by atoms with Gasteiger partial charge in [-0.05, 0) is 29.3 Å². The Bertz CT molecular complexity index is 717. The molecule has 3 rings (SSSR count). The van der Waals surface area contributed by atoms with E-state index in [1.165, 1.54) is 21.2 Å². The minimum Gasteiger partial charge on any atom is -0.329 e. The minimum absolute atomic E-state index is 0.0402. The standard InChI is InChI=1S/C16H15N3O/c1-11-2-3-13-9-14(5-4-12(13)8-11)15-10-19(7-6-17)16(20)18-15/h2-5,8-9,15H,7,10H2,1H3,(H,18,20). The lowest BCUT2D eigenvalue weighted by atomic mass is 10.0. The van der Waals surface area contributed by atoms with E-state index in [0.717, 1.165) is 5.56 Å². The maximum Gasteiger partial charge on any atom is 0.318 e. The molecule has 1 N–H and O–H groups in total. The van der Waals surface area contributed by atoms with E-state index in [4.69, 9.17) is 5.26 Å². The van der Waals surface area contributed by atoms with Gasteiger partial charge in [-0.1, -0.05) is 35.9 Å². The van der Waals surface area contributed by atoms with Crippen LogP contribution in [0.3, 0.4) is 0 Å². The molecule has 0 spiro atoms. The number of hydrogen-bond acceptors (Lipinski definition) is 2. The topological polar surface area (TPSA) is 56.1 Å². The van der Waals surface area contributed by atoms with E-state index in [2.05, 4.69) is 42.6 Å². The highest BCUT2D eigenvalue weighted by Gasteiger charge is 2.29. The Kier molecular flexibility index (Phi) is 3.03. The molecule has 1 aliphatic rings. The predicted octanol–water partition coefficient (Wildman–Crippen LogP) is 2.74. The molecule has 20 heavy (non-hydrogen) atoms. The van der Waals surface area contributed by atoms with E-state index < -0.39 is 0 Å². The van der Waals surface area contributed by atoms with Gasteiger partial charge in [0.2, 0.25) is 0 Å². The van der Waals surface area contributed by atoms with Crippen LogP contribution in [0.25, 0.3) is 10.8 Å². The van der Waals surface area contributed by atoms with Crippen LogP contribution in [0.15, 0.2) is 36.4 Å². The minimum atomic E-state index is -0.166. The normalized spacial score (nSPS) is 18.1. The van der Waals surface area contributed by atoms with Crippen LogP contribution in [-0.4, -0.2) is 24.0 Å². The zero-order valence-electron chi connectivity index (χ0n) is 11.3. The maximum absolute atomic E-state index is 11.7. The van der Waals surface area contributed by atoms with Crippen molar-refractivity contribution < 1.29 is 4.79 Å². The Morgan fingerprint density at radius 3 is 2.85 bits per heavy atom. The number of amides is 2. The first-order valence-electron chi connectivity index (χ1n) is 6.60. The van der Waals surface area contributed by atoms with Gasteiger partial charge in [-0.25, -0.2) is 4.79 Å². The Balaban J connectivity index is 1.90. The van der Waals surface area contributed by atoms with Crippen molar-refractivity contribution in [3.63, 3.8) is 0 Å². The van der Waals surface area contributed by atoms with E-state index in [1.54, 1.807) is 0 Å². The molecule has 1 unspecified atom stereocenters. The summed E-state index contributed by atoms with van der Waals surface area (Å²) in [5.41, 5.74) is 2.31. The van der Waals surface area contributed by atoms with Crippen LogP contribution in [0.1, 0.15) is 17.2 Å². The summed E-state index contributed by atoms with van der Waals surface area (Å²) in [7, 11) is 0. The van der Waals surface area contributed by atoms with E-state index in [9.17, 15) is 4.79 Å². The fraction of sp³-hybridized carbons (Fsp3) is 0.250.